The zero-order valence-corrected chi connectivity index (χ0v) is 20.3. The fourth-order valence-corrected chi connectivity index (χ4v) is 4.65. The van der Waals surface area contributed by atoms with Gasteiger partial charge in [-0.3, -0.25) is 0 Å². The maximum absolute atomic E-state index is 5.99. The largest absolute Gasteiger partial charge is 0.494 e. The standard InChI is InChI=1S/C26H27ClN6O/c1-4-32(2)25-20-12-11-19(17-8-6-5-7-9-17)24(20)30-26(31-25)29-18-10-13-21(22(14-18)34-3)33-15-23(27)28-16-33/h5-10,13-16,19H,4,11-12H2,1-3H3,(H,29,30,31)/t19-/m0/s1. The molecule has 0 radical (unpaired) electrons. The number of fused-ring (bicyclic) bond motifs is 1. The van der Waals surface area contributed by atoms with Gasteiger partial charge in [0, 0.05) is 43.0 Å². The molecular formula is C26H27ClN6O. The van der Waals surface area contributed by atoms with Crippen LogP contribution in [0.4, 0.5) is 17.5 Å². The number of hydrogen-bond donors (Lipinski definition) is 1. The molecular weight excluding hydrogens is 448 g/mol. The van der Waals surface area contributed by atoms with E-state index in [9.17, 15) is 0 Å². The third-order valence-corrected chi connectivity index (χ3v) is 6.53. The van der Waals surface area contributed by atoms with Crippen molar-refractivity contribution in [1.82, 2.24) is 19.5 Å². The van der Waals surface area contributed by atoms with Gasteiger partial charge in [-0.1, -0.05) is 41.9 Å². The van der Waals surface area contributed by atoms with Gasteiger partial charge in [0.1, 0.15) is 23.0 Å². The lowest BCUT2D eigenvalue weighted by molar-refractivity contribution is 0.413. The van der Waals surface area contributed by atoms with Crippen LogP contribution in [0, 0.1) is 0 Å². The molecule has 4 aromatic rings. The molecule has 0 bridgehead atoms. The fourth-order valence-electron chi connectivity index (χ4n) is 4.50. The minimum Gasteiger partial charge on any atom is -0.494 e. The number of aromatic nitrogens is 4. The summed E-state index contributed by atoms with van der Waals surface area (Å²) >= 11 is 5.99. The Bertz CT molecular complexity index is 1310. The first-order valence-electron chi connectivity index (χ1n) is 11.4. The van der Waals surface area contributed by atoms with E-state index < -0.39 is 0 Å². The number of ether oxygens (including phenoxy) is 1. The lowest BCUT2D eigenvalue weighted by Gasteiger charge is -2.21. The molecule has 7 nitrogen and oxygen atoms in total. The highest BCUT2D eigenvalue weighted by Crippen LogP contribution is 2.41. The highest BCUT2D eigenvalue weighted by Gasteiger charge is 2.30. The van der Waals surface area contributed by atoms with Gasteiger partial charge in [-0.2, -0.15) is 4.98 Å². The van der Waals surface area contributed by atoms with Crippen LogP contribution in [0.1, 0.15) is 36.1 Å². The number of imidazole rings is 1. The van der Waals surface area contributed by atoms with Gasteiger partial charge in [-0.15, -0.1) is 0 Å². The summed E-state index contributed by atoms with van der Waals surface area (Å²) in [6.07, 6.45) is 5.42. The number of halogens is 1. The van der Waals surface area contributed by atoms with Crippen LogP contribution in [0.25, 0.3) is 5.69 Å². The summed E-state index contributed by atoms with van der Waals surface area (Å²) in [6.45, 7) is 3.01. The van der Waals surface area contributed by atoms with Crippen molar-refractivity contribution in [3.8, 4) is 11.4 Å². The molecule has 2 heterocycles. The highest BCUT2D eigenvalue weighted by atomic mass is 35.5. The van der Waals surface area contributed by atoms with E-state index in [1.165, 1.54) is 11.1 Å². The second-order valence-electron chi connectivity index (χ2n) is 8.37. The number of nitrogens with one attached hydrogen (secondary N) is 1. The van der Waals surface area contributed by atoms with Gasteiger partial charge in [0.15, 0.2) is 0 Å². The number of rotatable bonds is 7. The summed E-state index contributed by atoms with van der Waals surface area (Å²) in [4.78, 5) is 16.2. The van der Waals surface area contributed by atoms with Crippen molar-refractivity contribution in [3.63, 3.8) is 0 Å². The Hall–Kier alpha value is -3.58. The van der Waals surface area contributed by atoms with E-state index >= 15 is 0 Å². The molecule has 0 aliphatic heterocycles. The van der Waals surface area contributed by atoms with Crippen LogP contribution in [0.5, 0.6) is 5.75 Å². The predicted molar refractivity (Wildman–Crippen MR) is 136 cm³/mol. The van der Waals surface area contributed by atoms with Gasteiger partial charge < -0.3 is 19.5 Å². The summed E-state index contributed by atoms with van der Waals surface area (Å²) in [6, 6.07) is 16.5. The van der Waals surface area contributed by atoms with Crippen molar-refractivity contribution in [1.29, 1.82) is 0 Å². The first kappa shape index (κ1) is 22.2. The van der Waals surface area contributed by atoms with Crippen LogP contribution in [0.3, 0.4) is 0 Å². The molecule has 5 rings (SSSR count). The fraction of sp³-hybridized carbons (Fsp3) is 0.269. The van der Waals surface area contributed by atoms with Gasteiger partial charge in [-0.05, 0) is 37.5 Å². The molecule has 1 aliphatic carbocycles. The number of benzene rings is 2. The van der Waals surface area contributed by atoms with E-state index in [0.717, 1.165) is 42.3 Å². The second-order valence-corrected chi connectivity index (χ2v) is 8.75. The second kappa shape index (κ2) is 9.35. The molecule has 2 aromatic heterocycles. The third kappa shape index (κ3) is 4.19. The van der Waals surface area contributed by atoms with Crippen LogP contribution in [-0.4, -0.2) is 40.2 Å². The van der Waals surface area contributed by atoms with Crippen LogP contribution in [-0.2, 0) is 6.42 Å². The van der Waals surface area contributed by atoms with Crippen molar-refractivity contribution in [2.24, 2.45) is 0 Å². The summed E-state index contributed by atoms with van der Waals surface area (Å²) < 4.78 is 7.46. The first-order chi connectivity index (χ1) is 16.6. The van der Waals surface area contributed by atoms with Gasteiger partial charge in [0.2, 0.25) is 5.95 Å². The Kier molecular flexibility index (Phi) is 6.11. The SMILES string of the molecule is CCN(C)c1nc(Nc2ccc(-n3cnc(Cl)c3)c(OC)c2)nc2c1CC[C@H]2c1ccccc1. The van der Waals surface area contributed by atoms with Gasteiger partial charge in [-0.25, -0.2) is 9.97 Å². The predicted octanol–water partition coefficient (Wildman–Crippen LogP) is 5.60. The third-order valence-electron chi connectivity index (χ3n) is 6.33. The van der Waals surface area contributed by atoms with Gasteiger partial charge in [0.05, 0.1) is 18.5 Å². The Morgan fingerprint density at radius 1 is 1.18 bits per heavy atom. The molecule has 0 saturated carbocycles. The summed E-state index contributed by atoms with van der Waals surface area (Å²) in [7, 11) is 3.72. The van der Waals surface area contributed by atoms with Crippen molar-refractivity contribution in [2.75, 3.05) is 30.9 Å². The summed E-state index contributed by atoms with van der Waals surface area (Å²) in [5.74, 6) is 2.53. The molecule has 0 fully saturated rings. The Balaban J connectivity index is 1.52. The van der Waals surface area contributed by atoms with E-state index in [-0.39, 0.29) is 5.92 Å². The minimum atomic E-state index is 0.270. The van der Waals surface area contributed by atoms with Crippen molar-refractivity contribution < 1.29 is 4.74 Å². The molecule has 0 amide bonds. The maximum Gasteiger partial charge on any atom is 0.229 e. The number of anilines is 3. The molecule has 0 saturated heterocycles. The molecule has 174 valence electrons. The molecule has 2 aromatic carbocycles. The molecule has 0 spiro atoms. The highest BCUT2D eigenvalue weighted by molar-refractivity contribution is 6.29. The van der Waals surface area contributed by atoms with Gasteiger partial charge >= 0.3 is 0 Å². The Labute approximate surface area is 204 Å². The minimum absolute atomic E-state index is 0.270. The molecule has 1 atom stereocenters. The van der Waals surface area contributed by atoms with Crippen molar-refractivity contribution in [2.45, 2.75) is 25.7 Å². The van der Waals surface area contributed by atoms with E-state index in [1.54, 1.807) is 19.6 Å². The van der Waals surface area contributed by atoms with Crippen molar-refractivity contribution >= 4 is 29.1 Å². The number of hydrogen-bond acceptors (Lipinski definition) is 6. The average molecular weight is 475 g/mol. The van der Waals surface area contributed by atoms with E-state index in [0.29, 0.717) is 16.9 Å². The van der Waals surface area contributed by atoms with Crippen LogP contribution in [0.2, 0.25) is 5.15 Å². The van der Waals surface area contributed by atoms with E-state index in [4.69, 9.17) is 26.3 Å². The Morgan fingerprint density at radius 3 is 2.71 bits per heavy atom. The van der Waals surface area contributed by atoms with Gasteiger partial charge in [0.25, 0.3) is 0 Å². The molecule has 34 heavy (non-hydrogen) atoms. The number of methoxy groups -OCH3 is 1. The van der Waals surface area contributed by atoms with Crippen LogP contribution < -0.4 is 15.0 Å². The summed E-state index contributed by atoms with van der Waals surface area (Å²) in [5.41, 5.74) is 5.33. The monoisotopic (exact) mass is 474 g/mol. The molecule has 8 heteroatoms. The zero-order chi connectivity index (χ0) is 23.7. The lowest BCUT2D eigenvalue weighted by atomic mass is 9.97. The molecule has 1 N–H and O–H groups in total. The summed E-state index contributed by atoms with van der Waals surface area (Å²) in [5, 5.41) is 3.83. The zero-order valence-electron chi connectivity index (χ0n) is 19.5. The van der Waals surface area contributed by atoms with E-state index in [2.05, 4.69) is 59.5 Å². The lowest BCUT2D eigenvalue weighted by Crippen LogP contribution is -2.20. The molecule has 0 unspecified atom stereocenters. The van der Waals surface area contributed by atoms with E-state index in [1.807, 2.05) is 22.8 Å². The van der Waals surface area contributed by atoms with Crippen LogP contribution >= 0.6 is 11.6 Å². The smallest absolute Gasteiger partial charge is 0.229 e. The van der Waals surface area contributed by atoms with Crippen LogP contribution in [0.15, 0.2) is 61.1 Å². The normalized spacial score (nSPS) is 14.6. The topological polar surface area (TPSA) is 68.1 Å². The molecule has 1 aliphatic rings. The Morgan fingerprint density at radius 2 is 2.00 bits per heavy atom. The van der Waals surface area contributed by atoms with Crippen molar-refractivity contribution in [3.05, 3.63) is 83.0 Å². The maximum atomic E-state index is 5.99. The average Bonchev–Trinajstić information content (AvgIpc) is 3.49. The number of nitrogens with zero attached hydrogens (tertiary/aromatic N) is 5. The first-order valence-corrected chi connectivity index (χ1v) is 11.8. The quantitative estimate of drug-likeness (QED) is 0.376.